The summed E-state index contributed by atoms with van der Waals surface area (Å²) in [5.74, 6) is -1.48. The molecule has 1 atom stereocenters. The van der Waals surface area contributed by atoms with Crippen molar-refractivity contribution in [3.8, 4) is 0 Å². The van der Waals surface area contributed by atoms with E-state index in [0.717, 1.165) is 6.07 Å². The molecular weight excluding hydrogens is 357 g/mol. The van der Waals surface area contributed by atoms with Gasteiger partial charge in [-0.25, -0.2) is 12.8 Å². The average molecular weight is 382 g/mol. The van der Waals surface area contributed by atoms with Crippen molar-refractivity contribution in [3.63, 3.8) is 0 Å². The Hall–Kier alpha value is -1.22. The predicted molar refractivity (Wildman–Crippen MR) is 94.2 cm³/mol. The SMILES string of the molecule is CNCCN(C)C(=O)C(NS(=O)(=O)c1ccccc1F)C(C)C.Cl. The fourth-order valence-corrected chi connectivity index (χ4v) is 3.41. The third kappa shape index (κ3) is 6.01. The van der Waals surface area contributed by atoms with Crippen LogP contribution in [0.4, 0.5) is 4.39 Å². The van der Waals surface area contributed by atoms with Gasteiger partial charge in [-0.3, -0.25) is 4.79 Å². The van der Waals surface area contributed by atoms with Crippen LogP contribution < -0.4 is 10.0 Å². The quantitative estimate of drug-likeness (QED) is 0.710. The standard InChI is InChI=1S/C15H24FN3O3S.ClH/c1-11(2)14(15(20)19(4)10-9-17-3)18-23(21,22)13-8-6-5-7-12(13)16;/h5-8,11,14,17-18H,9-10H2,1-4H3;1H. The van der Waals surface area contributed by atoms with Crippen LogP contribution in [0.15, 0.2) is 29.2 Å². The Balaban J connectivity index is 0.00000529. The largest absolute Gasteiger partial charge is 0.343 e. The molecule has 0 aliphatic carbocycles. The maximum atomic E-state index is 13.7. The molecule has 24 heavy (non-hydrogen) atoms. The molecule has 1 aromatic rings. The first-order valence-electron chi connectivity index (χ1n) is 7.37. The van der Waals surface area contributed by atoms with Gasteiger partial charge in [-0.2, -0.15) is 4.72 Å². The first kappa shape index (κ1) is 22.8. The lowest BCUT2D eigenvalue weighted by atomic mass is 10.0. The summed E-state index contributed by atoms with van der Waals surface area (Å²) in [7, 11) is -0.756. The van der Waals surface area contributed by atoms with Crippen molar-refractivity contribution in [2.24, 2.45) is 5.92 Å². The van der Waals surface area contributed by atoms with Gasteiger partial charge in [-0.1, -0.05) is 26.0 Å². The van der Waals surface area contributed by atoms with Crippen molar-refractivity contribution in [2.75, 3.05) is 27.2 Å². The molecule has 1 unspecified atom stereocenters. The fraction of sp³-hybridized carbons (Fsp3) is 0.533. The molecule has 0 saturated heterocycles. The third-order valence-electron chi connectivity index (χ3n) is 3.41. The second-order valence-electron chi connectivity index (χ2n) is 5.64. The van der Waals surface area contributed by atoms with Crippen LogP contribution in [0.1, 0.15) is 13.8 Å². The molecule has 0 fully saturated rings. The van der Waals surface area contributed by atoms with E-state index in [4.69, 9.17) is 0 Å². The van der Waals surface area contributed by atoms with E-state index in [2.05, 4.69) is 10.0 Å². The second kappa shape index (κ2) is 9.93. The Kier molecular flexibility index (Phi) is 9.42. The number of rotatable bonds is 8. The predicted octanol–water partition coefficient (Wildman–Crippen LogP) is 1.23. The molecule has 0 aliphatic heterocycles. The lowest BCUT2D eigenvalue weighted by Gasteiger charge is -2.27. The van der Waals surface area contributed by atoms with Gasteiger partial charge in [-0.15, -0.1) is 12.4 Å². The molecular formula is C15H25ClFN3O3S. The van der Waals surface area contributed by atoms with Crippen LogP contribution in [0.25, 0.3) is 0 Å². The zero-order valence-corrected chi connectivity index (χ0v) is 15.9. The van der Waals surface area contributed by atoms with E-state index in [1.54, 1.807) is 27.9 Å². The zero-order valence-electron chi connectivity index (χ0n) is 14.2. The average Bonchev–Trinajstić information content (AvgIpc) is 2.49. The van der Waals surface area contributed by atoms with E-state index in [-0.39, 0.29) is 24.2 Å². The van der Waals surface area contributed by atoms with Gasteiger partial charge < -0.3 is 10.2 Å². The molecule has 6 nitrogen and oxygen atoms in total. The third-order valence-corrected chi connectivity index (χ3v) is 4.89. The lowest BCUT2D eigenvalue weighted by molar-refractivity contribution is -0.132. The Bertz CT molecular complexity index is 641. The number of amides is 1. The second-order valence-corrected chi connectivity index (χ2v) is 7.32. The zero-order chi connectivity index (χ0) is 17.6. The number of halogens is 2. The fourth-order valence-electron chi connectivity index (χ4n) is 1.99. The highest BCUT2D eigenvalue weighted by Gasteiger charge is 2.31. The molecule has 0 aromatic heterocycles. The topological polar surface area (TPSA) is 78.5 Å². The van der Waals surface area contributed by atoms with Gasteiger partial charge in [0.1, 0.15) is 16.8 Å². The summed E-state index contributed by atoms with van der Waals surface area (Å²) in [6.45, 7) is 4.50. The molecule has 0 saturated carbocycles. The maximum absolute atomic E-state index is 13.7. The summed E-state index contributed by atoms with van der Waals surface area (Å²) in [5.41, 5.74) is 0. The van der Waals surface area contributed by atoms with E-state index < -0.39 is 26.8 Å². The van der Waals surface area contributed by atoms with Crippen LogP contribution in [0.3, 0.4) is 0 Å². The van der Waals surface area contributed by atoms with Crippen molar-refractivity contribution in [3.05, 3.63) is 30.1 Å². The summed E-state index contributed by atoms with van der Waals surface area (Å²) in [6, 6.07) is 4.12. The normalized spacial score (nSPS) is 12.6. The van der Waals surface area contributed by atoms with Crippen LogP contribution in [0.5, 0.6) is 0 Å². The monoisotopic (exact) mass is 381 g/mol. The van der Waals surface area contributed by atoms with E-state index in [9.17, 15) is 17.6 Å². The van der Waals surface area contributed by atoms with Crippen LogP contribution in [0, 0.1) is 11.7 Å². The van der Waals surface area contributed by atoms with Crippen molar-refractivity contribution in [2.45, 2.75) is 24.8 Å². The highest BCUT2D eigenvalue weighted by molar-refractivity contribution is 7.89. The van der Waals surface area contributed by atoms with Crippen LogP contribution >= 0.6 is 12.4 Å². The van der Waals surface area contributed by atoms with Gasteiger partial charge in [0.05, 0.1) is 0 Å². The Morgan fingerprint density at radius 3 is 2.38 bits per heavy atom. The van der Waals surface area contributed by atoms with Crippen molar-refractivity contribution in [1.82, 2.24) is 14.9 Å². The van der Waals surface area contributed by atoms with E-state index >= 15 is 0 Å². The molecule has 0 heterocycles. The van der Waals surface area contributed by atoms with Gasteiger partial charge in [0.25, 0.3) is 0 Å². The summed E-state index contributed by atoms with van der Waals surface area (Å²) >= 11 is 0. The highest BCUT2D eigenvalue weighted by Crippen LogP contribution is 2.16. The molecule has 1 amide bonds. The molecule has 0 radical (unpaired) electrons. The van der Waals surface area contributed by atoms with Crippen LogP contribution in [-0.4, -0.2) is 52.5 Å². The summed E-state index contributed by atoms with van der Waals surface area (Å²) in [4.78, 5) is 13.4. The minimum absolute atomic E-state index is 0. The molecule has 9 heteroatoms. The summed E-state index contributed by atoms with van der Waals surface area (Å²) < 4.78 is 40.8. The number of hydrogen-bond donors (Lipinski definition) is 2. The summed E-state index contributed by atoms with van der Waals surface area (Å²) in [6.07, 6.45) is 0. The number of sulfonamides is 1. The van der Waals surface area contributed by atoms with E-state index in [1.165, 1.54) is 23.1 Å². The van der Waals surface area contributed by atoms with E-state index in [0.29, 0.717) is 13.1 Å². The number of nitrogens with zero attached hydrogens (tertiary/aromatic N) is 1. The van der Waals surface area contributed by atoms with Crippen molar-refractivity contribution < 1.29 is 17.6 Å². The molecule has 0 bridgehead atoms. The molecule has 0 aliphatic rings. The van der Waals surface area contributed by atoms with Gasteiger partial charge in [0.2, 0.25) is 15.9 Å². The number of benzene rings is 1. The molecule has 138 valence electrons. The van der Waals surface area contributed by atoms with Gasteiger partial charge >= 0.3 is 0 Å². The van der Waals surface area contributed by atoms with Crippen molar-refractivity contribution in [1.29, 1.82) is 0 Å². The number of nitrogens with one attached hydrogen (secondary N) is 2. The summed E-state index contributed by atoms with van der Waals surface area (Å²) in [5, 5.41) is 2.92. The first-order valence-corrected chi connectivity index (χ1v) is 8.85. The van der Waals surface area contributed by atoms with Gasteiger partial charge in [-0.05, 0) is 25.1 Å². The molecule has 1 aromatic carbocycles. The van der Waals surface area contributed by atoms with Crippen LogP contribution in [-0.2, 0) is 14.8 Å². The van der Waals surface area contributed by atoms with E-state index in [1.807, 2.05) is 0 Å². The molecule has 1 rings (SSSR count). The lowest BCUT2D eigenvalue weighted by Crippen LogP contribution is -2.51. The smallest absolute Gasteiger partial charge is 0.244 e. The number of carbonyl (C=O) groups is 1. The Morgan fingerprint density at radius 2 is 1.88 bits per heavy atom. The number of likely N-dealkylation sites (N-methyl/N-ethyl adjacent to an activating group) is 2. The maximum Gasteiger partial charge on any atom is 0.244 e. The molecule has 0 spiro atoms. The van der Waals surface area contributed by atoms with Crippen molar-refractivity contribution >= 4 is 28.3 Å². The minimum atomic E-state index is -4.12. The first-order chi connectivity index (χ1) is 10.7. The molecule has 2 N–H and O–H groups in total. The minimum Gasteiger partial charge on any atom is -0.343 e. The Morgan fingerprint density at radius 1 is 1.29 bits per heavy atom. The van der Waals surface area contributed by atoms with Crippen LogP contribution in [0.2, 0.25) is 0 Å². The van der Waals surface area contributed by atoms with Gasteiger partial charge in [0.15, 0.2) is 0 Å². The Labute approximate surface area is 149 Å². The van der Waals surface area contributed by atoms with Gasteiger partial charge in [0, 0.05) is 20.1 Å². The number of hydrogen-bond acceptors (Lipinski definition) is 4. The number of carbonyl (C=O) groups excluding carboxylic acids is 1. The highest BCUT2D eigenvalue weighted by atomic mass is 35.5.